The molecule has 0 heterocycles. The van der Waals surface area contributed by atoms with Crippen LogP contribution in [0.25, 0.3) is 0 Å². The summed E-state index contributed by atoms with van der Waals surface area (Å²) in [6.07, 6.45) is -4.95. The fourth-order valence-corrected chi connectivity index (χ4v) is 3.76. The molecule has 2 aromatic rings. The van der Waals surface area contributed by atoms with Crippen LogP contribution in [0.5, 0.6) is 11.5 Å². The molecular weight excluding hydrogens is 621 g/mol. The van der Waals surface area contributed by atoms with Crippen LogP contribution in [0, 0.1) is 13.8 Å². The average molecular weight is 649 g/mol. The molecule has 1 aliphatic rings. The van der Waals surface area contributed by atoms with Gasteiger partial charge >= 0.3 is 29.1 Å². The zero-order valence-corrected chi connectivity index (χ0v) is 23.8. The maximum Gasteiger partial charge on any atom is 2.00 e. The number of phenols is 2. The normalized spacial score (nSPS) is 16.7. The summed E-state index contributed by atoms with van der Waals surface area (Å²) in [7, 11) is 0. The van der Waals surface area contributed by atoms with Crippen LogP contribution in [0.15, 0.2) is 34.3 Å². The quantitative estimate of drug-likeness (QED) is 0.382. The van der Waals surface area contributed by atoms with Gasteiger partial charge < -0.3 is 30.0 Å². The van der Waals surface area contributed by atoms with E-state index in [-0.39, 0.29) is 50.5 Å². The molecule has 233 valence electrons. The number of aromatic hydroxyl groups is 2. The van der Waals surface area contributed by atoms with Gasteiger partial charge in [0, 0.05) is 35.5 Å². The molecule has 8 nitrogen and oxygen atoms in total. The van der Waals surface area contributed by atoms with Crippen LogP contribution in [-0.4, -0.2) is 46.7 Å². The van der Waals surface area contributed by atoms with Gasteiger partial charge in [-0.2, -0.15) is 26.3 Å². The van der Waals surface area contributed by atoms with E-state index >= 15 is 0 Å². The number of carboxylic acids is 2. The Kier molecular flexibility index (Phi) is 14.8. The minimum atomic E-state index is -4.58. The molecule has 42 heavy (non-hydrogen) atoms. The van der Waals surface area contributed by atoms with E-state index < -0.39 is 47.5 Å². The molecule has 0 saturated heterocycles. The van der Waals surface area contributed by atoms with Crippen LogP contribution in [0.4, 0.5) is 26.3 Å². The Morgan fingerprint density at radius 3 is 1.31 bits per heavy atom. The van der Waals surface area contributed by atoms with Crippen LogP contribution in [0.1, 0.15) is 66.5 Å². The number of benzene rings is 2. The number of aliphatic imine (C=N–C) groups is 2. The van der Waals surface area contributed by atoms with Gasteiger partial charge in [0.05, 0.1) is 23.2 Å². The van der Waals surface area contributed by atoms with Gasteiger partial charge in [0.1, 0.15) is 11.5 Å². The van der Waals surface area contributed by atoms with Crippen LogP contribution in [-0.2, 0) is 38.7 Å². The maximum atomic E-state index is 13.1. The van der Waals surface area contributed by atoms with E-state index in [1.165, 1.54) is 26.3 Å². The summed E-state index contributed by atoms with van der Waals surface area (Å²) in [4.78, 5) is 26.4. The Morgan fingerprint density at radius 1 is 0.762 bits per heavy atom. The molecule has 2 unspecified atom stereocenters. The molecule has 0 bridgehead atoms. The van der Waals surface area contributed by atoms with Crippen molar-refractivity contribution in [2.45, 2.75) is 71.4 Å². The Labute approximate surface area is 248 Å². The van der Waals surface area contributed by atoms with Gasteiger partial charge in [0.2, 0.25) is 0 Å². The van der Waals surface area contributed by atoms with Crippen LogP contribution in [0.2, 0.25) is 0 Å². The van der Waals surface area contributed by atoms with Crippen molar-refractivity contribution in [3.8, 4) is 11.5 Å². The minimum Gasteiger partial charge on any atom is -0.550 e. The number of hydrogen-bond acceptors (Lipinski definition) is 8. The van der Waals surface area contributed by atoms with Gasteiger partial charge in [0.15, 0.2) is 0 Å². The van der Waals surface area contributed by atoms with Crippen molar-refractivity contribution >= 4 is 24.4 Å². The summed E-state index contributed by atoms with van der Waals surface area (Å²) in [5.74, 6) is -2.79. The molecule has 1 aliphatic carbocycles. The van der Waals surface area contributed by atoms with Gasteiger partial charge in [-0.15, -0.1) is 0 Å². The third-order valence-corrected chi connectivity index (χ3v) is 5.57. The van der Waals surface area contributed by atoms with Crippen molar-refractivity contribution in [2.24, 2.45) is 9.98 Å². The van der Waals surface area contributed by atoms with Crippen molar-refractivity contribution in [3.05, 3.63) is 57.6 Å². The van der Waals surface area contributed by atoms with Gasteiger partial charge in [-0.25, -0.2) is 0 Å². The van der Waals surface area contributed by atoms with Crippen LogP contribution >= 0.6 is 0 Å². The minimum absolute atomic E-state index is 0. The number of hydrogen-bond donors (Lipinski definition) is 2. The monoisotopic (exact) mass is 649 g/mol. The Balaban J connectivity index is 0.00000166. The second-order valence-corrected chi connectivity index (χ2v) is 9.06. The van der Waals surface area contributed by atoms with Crippen molar-refractivity contribution in [1.82, 2.24) is 0 Å². The summed E-state index contributed by atoms with van der Waals surface area (Å²) in [5, 5.41) is 38.0. The average Bonchev–Trinajstić information content (AvgIpc) is 3.26. The number of halogens is 6. The molecule has 3 rings (SSSR count). The SMILES string of the molecule is CC(=O)[O-].CC(=O)[O-].Cc1cc(C(F)(F)F)cc(C=NC2CCCC2N=Cc2cc(C(F)(F)F)cc(C)c2O)c1O.[Co+2]. The molecule has 2 atom stereocenters. The number of carbonyl (C=O) groups is 2. The largest absolute Gasteiger partial charge is 2.00 e. The predicted octanol–water partition coefficient (Wildman–Crippen LogP) is 3.72. The van der Waals surface area contributed by atoms with Crippen LogP contribution in [0.3, 0.4) is 0 Å². The Bertz CT molecular complexity index is 1190. The van der Waals surface area contributed by atoms with Crippen molar-refractivity contribution < 1.29 is 73.1 Å². The van der Waals surface area contributed by atoms with Gasteiger partial charge in [-0.3, -0.25) is 9.98 Å². The first kappa shape index (κ1) is 38.4. The molecule has 1 fully saturated rings. The van der Waals surface area contributed by atoms with Gasteiger partial charge in [-0.05, 0) is 82.3 Å². The first-order valence-corrected chi connectivity index (χ1v) is 12.0. The summed E-state index contributed by atoms with van der Waals surface area (Å²) in [6.45, 7) is 4.65. The molecule has 2 N–H and O–H groups in total. The van der Waals surface area contributed by atoms with E-state index in [1.54, 1.807) is 0 Å². The first-order chi connectivity index (χ1) is 18.7. The summed E-state index contributed by atoms with van der Waals surface area (Å²) in [6, 6.07) is 2.46. The number of alkyl halides is 6. The van der Waals surface area contributed by atoms with E-state index in [4.69, 9.17) is 19.8 Å². The Morgan fingerprint density at radius 2 is 1.05 bits per heavy atom. The molecule has 15 heteroatoms. The number of aryl methyl sites for hydroxylation is 2. The van der Waals surface area contributed by atoms with Gasteiger partial charge in [-0.1, -0.05) is 0 Å². The smallest absolute Gasteiger partial charge is 0.550 e. The summed E-state index contributed by atoms with van der Waals surface area (Å²) < 4.78 is 78.4. The number of nitrogens with zero attached hydrogens (tertiary/aromatic N) is 2. The summed E-state index contributed by atoms with van der Waals surface area (Å²) >= 11 is 0. The number of phenolic OH excluding ortho intramolecular Hbond substituents is 2. The van der Waals surface area contributed by atoms with E-state index in [2.05, 4.69) is 9.98 Å². The van der Waals surface area contributed by atoms with E-state index in [1.807, 2.05) is 0 Å². The van der Waals surface area contributed by atoms with Crippen molar-refractivity contribution in [3.63, 3.8) is 0 Å². The molecule has 0 aromatic heterocycles. The molecule has 0 spiro atoms. The number of carboxylic acid groups (broad SMARTS) is 2. The molecule has 1 radical (unpaired) electrons. The fraction of sp³-hybridized carbons (Fsp3) is 0.407. The van der Waals surface area contributed by atoms with Gasteiger partial charge in [0.25, 0.3) is 0 Å². The predicted molar refractivity (Wildman–Crippen MR) is 134 cm³/mol. The third kappa shape index (κ3) is 12.5. The van der Waals surface area contributed by atoms with E-state index in [0.717, 1.165) is 38.1 Å². The molecule has 0 aliphatic heterocycles. The third-order valence-electron chi connectivity index (χ3n) is 5.57. The Hall–Kier alpha value is -3.59. The first-order valence-electron chi connectivity index (χ1n) is 12.0. The van der Waals surface area contributed by atoms with E-state index in [0.29, 0.717) is 19.3 Å². The molecule has 2 aromatic carbocycles. The van der Waals surface area contributed by atoms with E-state index in [9.17, 15) is 36.6 Å². The second kappa shape index (κ2) is 16.2. The molecule has 0 amide bonds. The maximum absolute atomic E-state index is 13.1. The number of aliphatic carboxylic acids is 2. The van der Waals surface area contributed by atoms with Crippen molar-refractivity contribution in [2.75, 3.05) is 0 Å². The topological polar surface area (TPSA) is 145 Å². The van der Waals surface area contributed by atoms with Crippen LogP contribution < -0.4 is 10.2 Å². The zero-order chi connectivity index (χ0) is 31.7. The number of carbonyl (C=O) groups excluding carboxylic acids is 2. The summed E-state index contributed by atoms with van der Waals surface area (Å²) in [5.41, 5.74) is -1.86. The molecular formula is C27H28CoF6N2O6. The fourth-order valence-electron chi connectivity index (χ4n) is 3.76. The van der Waals surface area contributed by atoms with Crippen molar-refractivity contribution in [1.29, 1.82) is 0 Å². The number of rotatable bonds is 4. The zero-order valence-electron chi connectivity index (χ0n) is 22.8. The standard InChI is InChI=1S/C23H22F6N2O2.2C2H4O2.Co/c1-12-6-16(22(24,25)26)8-14(20(12)32)10-30-18-4-3-5-19(18)31-11-15-9-17(23(27,28)29)7-13(2)21(15)33;2*1-2(3)4;/h6-11,18-19,32-33H,3-5H2,1-2H3;2*1H3,(H,3,4);/q;;;+2/p-2. The second-order valence-electron chi connectivity index (χ2n) is 9.06. The molecule has 1 saturated carbocycles.